The van der Waals surface area contributed by atoms with E-state index in [1.807, 2.05) is 73.7 Å². The van der Waals surface area contributed by atoms with Gasteiger partial charge in [0.15, 0.2) is 0 Å². The predicted octanol–water partition coefficient (Wildman–Crippen LogP) is 3.13. The quantitative estimate of drug-likeness (QED) is 0.776. The Labute approximate surface area is 121 Å². The van der Waals surface area contributed by atoms with Gasteiger partial charge in [0, 0.05) is 0 Å². The van der Waals surface area contributed by atoms with Gasteiger partial charge in [-0.15, -0.1) is 0 Å². The van der Waals surface area contributed by atoms with Crippen LogP contribution in [0.15, 0.2) is 42.6 Å². The van der Waals surface area contributed by atoms with Crippen LogP contribution in [0.2, 0.25) is 0 Å². The molecule has 1 aromatic carbocycles. The monoisotopic (exact) mass is 300 g/mol. The summed E-state index contributed by atoms with van der Waals surface area (Å²) < 4.78 is 17.8. The van der Waals surface area contributed by atoms with Crippen LogP contribution in [0.3, 0.4) is 0 Å². The minimum absolute atomic E-state index is 0.465. The van der Waals surface area contributed by atoms with E-state index in [0.29, 0.717) is 0 Å². The van der Waals surface area contributed by atoms with Crippen molar-refractivity contribution in [2.45, 2.75) is 27.1 Å². The van der Waals surface area contributed by atoms with Crippen LogP contribution >= 0.6 is 0 Å². The molecule has 2 aromatic rings. The zero-order chi connectivity index (χ0) is 15.0. The van der Waals surface area contributed by atoms with Crippen molar-refractivity contribution in [3.63, 3.8) is 0 Å². The van der Waals surface area contributed by atoms with Crippen LogP contribution in [0, 0.1) is 5.41 Å². The van der Waals surface area contributed by atoms with Crippen LogP contribution in [-0.2, 0) is 6.37 Å². The standard InChI is InChI=1S/C16H18GeN/c1-16(2,3)10-13-9-15(18-11-14(13)17)12-7-5-4-6-8-12/h4-9,11H,10H2,1-3H3/i10D2. The molecule has 0 aliphatic heterocycles. The van der Waals surface area contributed by atoms with E-state index in [2.05, 4.69) is 4.98 Å². The Morgan fingerprint density at radius 2 is 1.89 bits per heavy atom. The maximum atomic E-state index is 8.46. The zero-order valence-electron chi connectivity index (χ0n) is 13.0. The Kier molecular flexibility index (Phi) is 3.16. The van der Waals surface area contributed by atoms with Crippen LogP contribution < -0.4 is 4.40 Å². The summed E-state index contributed by atoms with van der Waals surface area (Å²) in [5, 5.41) is 0. The predicted molar refractivity (Wildman–Crippen MR) is 78.2 cm³/mol. The van der Waals surface area contributed by atoms with E-state index >= 15 is 0 Å². The number of pyridine rings is 1. The Hall–Kier alpha value is -1.09. The summed E-state index contributed by atoms with van der Waals surface area (Å²) in [6.07, 6.45) is 0.366. The van der Waals surface area contributed by atoms with E-state index in [4.69, 9.17) is 2.74 Å². The number of nitrogens with zero attached hydrogens (tertiary/aromatic N) is 1. The summed E-state index contributed by atoms with van der Waals surface area (Å²) in [6.45, 7) is 5.78. The van der Waals surface area contributed by atoms with E-state index in [1.165, 1.54) is 0 Å². The normalized spacial score (nSPS) is 14.0. The molecule has 0 amide bonds. The first-order valence-corrected chi connectivity index (χ1v) is 7.06. The van der Waals surface area contributed by atoms with Gasteiger partial charge in [0.2, 0.25) is 0 Å². The molecule has 18 heavy (non-hydrogen) atoms. The Morgan fingerprint density at radius 3 is 2.50 bits per heavy atom. The van der Waals surface area contributed by atoms with Crippen molar-refractivity contribution in [1.29, 1.82) is 0 Å². The summed E-state index contributed by atoms with van der Waals surface area (Å²) in [5.41, 5.74) is 2.09. The van der Waals surface area contributed by atoms with E-state index in [1.54, 1.807) is 6.20 Å². The SMILES string of the molecule is [2H]C([2H])(c1cc(-c2ccccc2)nc[c]1[Ge])C(C)(C)C. The third-order valence-corrected chi connectivity index (χ3v) is 3.32. The molecule has 0 N–H and O–H groups in total. The van der Waals surface area contributed by atoms with E-state index in [0.717, 1.165) is 21.2 Å². The number of benzene rings is 1. The van der Waals surface area contributed by atoms with Gasteiger partial charge in [0.25, 0.3) is 0 Å². The van der Waals surface area contributed by atoms with Crippen LogP contribution in [0.1, 0.15) is 29.1 Å². The molecular formula is C16H18GeN. The van der Waals surface area contributed by atoms with Gasteiger partial charge in [0.05, 0.1) is 0 Å². The Balaban J connectivity index is 2.56. The molecule has 1 heterocycles. The van der Waals surface area contributed by atoms with Crippen LogP contribution in [0.25, 0.3) is 11.3 Å². The Morgan fingerprint density at radius 1 is 1.22 bits per heavy atom. The van der Waals surface area contributed by atoms with Gasteiger partial charge in [-0.3, -0.25) is 0 Å². The van der Waals surface area contributed by atoms with Crippen molar-refractivity contribution in [2.24, 2.45) is 5.41 Å². The third-order valence-electron chi connectivity index (χ3n) is 2.48. The summed E-state index contributed by atoms with van der Waals surface area (Å²) in [7, 11) is 0. The molecule has 91 valence electrons. The topological polar surface area (TPSA) is 12.9 Å². The first-order valence-electron chi connectivity index (χ1n) is 7.01. The minimum atomic E-state index is -1.40. The van der Waals surface area contributed by atoms with Gasteiger partial charge in [-0.2, -0.15) is 0 Å². The molecule has 2 heteroatoms. The fourth-order valence-electron chi connectivity index (χ4n) is 1.73. The second kappa shape index (κ2) is 5.27. The first kappa shape index (κ1) is 10.8. The van der Waals surface area contributed by atoms with Crippen LogP contribution in [0.4, 0.5) is 0 Å². The van der Waals surface area contributed by atoms with Gasteiger partial charge in [-0.1, -0.05) is 0 Å². The van der Waals surface area contributed by atoms with Crippen LogP contribution in [-0.4, -0.2) is 21.5 Å². The molecule has 2 rings (SSSR count). The summed E-state index contributed by atoms with van der Waals surface area (Å²) >= 11 is 1.92. The van der Waals surface area contributed by atoms with Gasteiger partial charge in [0.1, 0.15) is 0 Å². The molecule has 1 aromatic heterocycles. The molecule has 0 fully saturated rings. The number of hydrogen-bond donors (Lipinski definition) is 0. The maximum absolute atomic E-state index is 8.46. The van der Waals surface area contributed by atoms with Crippen molar-refractivity contribution in [1.82, 2.24) is 4.98 Å². The van der Waals surface area contributed by atoms with E-state index < -0.39 is 11.8 Å². The van der Waals surface area contributed by atoms with Gasteiger partial charge < -0.3 is 0 Å². The van der Waals surface area contributed by atoms with Gasteiger partial charge in [-0.25, -0.2) is 0 Å². The summed E-state index contributed by atoms with van der Waals surface area (Å²) in [6, 6.07) is 11.8. The molecule has 1 nitrogen and oxygen atoms in total. The summed E-state index contributed by atoms with van der Waals surface area (Å²) in [5.74, 6) is 0. The molecule has 0 unspecified atom stereocenters. The first-order chi connectivity index (χ1) is 9.23. The average molecular weight is 299 g/mol. The van der Waals surface area contributed by atoms with Crippen molar-refractivity contribution < 1.29 is 2.74 Å². The van der Waals surface area contributed by atoms with Gasteiger partial charge in [-0.05, 0) is 0 Å². The fourth-order valence-corrected chi connectivity index (χ4v) is 2.15. The number of hydrogen-bond acceptors (Lipinski definition) is 1. The van der Waals surface area contributed by atoms with Crippen molar-refractivity contribution in [3.05, 3.63) is 48.2 Å². The van der Waals surface area contributed by atoms with E-state index in [-0.39, 0.29) is 0 Å². The molecule has 0 bridgehead atoms. The second-order valence-electron chi connectivity index (χ2n) is 5.36. The molecule has 3 radical (unpaired) electrons. The number of aromatic nitrogens is 1. The average Bonchev–Trinajstić information content (AvgIpc) is 2.38. The molecule has 0 atom stereocenters. The summed E-state index contributed by atoms with van der Waals surface area (Å²) in [4.78, 5) is 4.44. The molecule has 0 aliphatic carbocycles. The van der Waals surface area contributed by atoms with E-state index in [9.17, 15) is 0 Å². The second-order valence-corrected chi connectivity index (χ2v) is 6.49. The van der Waals surface area contributed by atoms with Gasteiger partial charge >= 0.3 is 121 Å². The zero-order valence-corrected chi connectivity index (χ0v) is 13.1. The Bertz CT molecular complexity index is 604. The molecule has 0 saturated carbocycles. The molecule has 0 spiro atoms. The fraction of sp³-hybridized carbons (Fsp3) is 0.312. The molecular weight excluding hydrogens is 279 g/mol. The van der Waals surface area contributed by atoms with Crippen molar-refractivity contribution in [3.8, 4) is 11.3 Å². The van der Waals surface area contributed by atoms with Crippen LogP contribution in [0.5, 0.6) is 0 Å². The molecule has 0 aliphatic rings. The number of rotatable bonds is 2. The van der Waals surface area contributed by atoms with Crippen molar-refractivity contribution in [2.75, 3.05) is 0 Å². The third kappa shape index (κ3) is 3.45. The van der Waals surface area contributed by atoms with Crippen molar-refractivity contribution >= 4 is 20.9 Å². The molecule has 0 saturated heterocycles.